The molecule has 676 valence electrons. The Bertz CT molecular complexity index is 7570. The molecule has 13 aromatic heterocycles. The van der Waals surface area contributed by atoms with Gasteiger partial charge < -0.3 is 82.9 Å². The molecule has 135 heavy (non-hydrogen) atoms. The van der Waals surface area contributed by atoms with Crippen LogP contribution < -0.4 is 64.5 Å². The van der Waals surface area contributed by atoms with Crippen molar-refractivity contribution in [1.29, 1.82) is 5.26 Å². The van der Waals surface area contributed by atoms with Crippen LogP contribution in [0.15, 0.2) is 291 Å². The second kappa shape index (κ2) is 42.3. The van der Waals surface area contributed by atoms with Crippen molar-refractivity contribution in [3.8, 4) is 80.1 Å². The van der Waals surface area contributed by atoms with E-state index >= 15 is 0 Å². The predicted octanol–water partition coefficient (Wildman–Crippen LogP) is 20.1. The fraction of sp³-hybridized carbons (Fsp3) is 0.121. The molecular formula is C99H87BrN24O10S. The van der Waals surface area contributed by atoms with Crippen LogP contribution in [0.1, 0.15) is 22.3 Å². The quantitative estimate of drug-likeness (QED) is 0.0332. The number of nitrogens with one attached hydrogen (secondary N) is 5. The summed E-state index contributed by atoms with van der Waals surface area (Å²) < 4.78 is 58.5. The molecule has 7 aromatic carbocycles. The topological polar surface area (TPSA) is 376 Å². The fourth-order valence-corrected chi connectivity index (χ4v) is 15.2. The van der Waals surface area contributed by atoms with Gasteiger partial charge in [-0.25, -0.2) is 34.9 Å². The van der Waals surface area contributed by atoms with Gasteiger partial charge in [-0.1, -0.05) is 48.5 Å². The Labute approximate surface area is 786 Å². The van der Waals surface area contributed by atoms with Gasteiger partial charge in [-0.15, -0.1) is 11.3 Å². The van der Waals surface area contributed by atoms with Crippen LogP contribution >= 0.6 is 27.3 Å². The molecule has 0 unspecified atom stereocenters. The third-order valence-electron chi connectivity index (χ3n) is 21.0. The Morgan fingerprint density at radius 2 is 0.815 bits per heavy atom. The summed E-state index contributed by atoms with van der Waals surface area (Å²) in [5.41, 5.74) is 14.4. The Hall–Kier alpha value is -17.6. The Morgan fingerprint density at radius 3 is 1.25 bits per heavy atom. The summed E-state index contributed by atoms with van der Waals surface area (Å²) in [5, 5.41) is 32.8. The van der Waals surface area contributed by atoms with Crippen LogP contribution in [-0.2, 0) is 16.0 Å². The van der Waals surface area contributed by atoms with Crippen molar-refractivity contribution in [2.45, 2.75) is 20.3 Å². The molecule has 20 rings (SSSR count). The first-order chi connectivity index (χ1) is 66.0. The lowest BCUT2D eigenvalue weighted by molar-refractivity contribution is -0.139. The molecule has 0 aliphatic rings. The number of hydrogen-bond acceptors (Lipinski definition) is 30. The van der Waals surface area contributed by atoms with Gasteiger partial charge in [0.05, 0.1) is 93.4 Å². The van der Waals surface area contributed by atoms with Crippen LogP contribution in [-0.4, -0.2) is 158 Å². The van der Waals surface area contributed by atoms with E-state index in [0.717, 1.165) is 133 Å². The van der Waals surface area contributed by atoms with Crippen LogP contribution in [0.25, 0.3) is 83.2 Å². The number of nitrogens with zero attached hydrogens (tertiary/aromatic N) is 19. The molecular weight excluding hydrogens is 1800 g/mol. The van der Waals surface area contributed by atoms with E-state index in [1.54, 1.807) is 142 Å². The van der Waals surface area contributed by atoms with Crippen LogP contribution in [0.2, 0.25) is 0 Å². The van der Waals surface area contributed by atoms with Crippen LogP contribution in [0.5, 0.6) is 46.0 Å². The van der Waals surface area contributed by atoms with E-state index in [-0.39, 0.29) is 12.4 Å². The van der Waals surface area contributed by atoms with E-state index in [1.807, 2.05) is 249 Å². The van der Waals surface area contributed by atoms with Crippen molar-refractivity contribution < 1.29 is 47.4 Å². The Kier molecular flexibility index (Phi) is 28.4. The lowest BCUT2D eigenvalue weighted by atomic mass is 10.1. The van der Waals surface area contributed by atoms with Gasteiger partial charge in [-0.2, -0.15) is 30.2 Å². The first-order valence-corrected chi connectivity index (χ1v) is 43.3. The monoisotopic (exact) mass is 1880 g/mol. The van der Waals surface area contributed by atoms with Crippen molar-refractivity contribution in [2.75, 3.05) is 90.6 Å². The van der Waals surface area contributed by atoms with E-state index < -0.39 is 0 Å². The van der Waals surface area contributed by atoms with Crippen molar-refractivity contribution in [3.05, 3.63) is 313 Å². The molecule has 0 aliphatic carbocycles. The van der Waals surface area contributed by atoms with Gasteiger partial charge in [0.25, 0.3) is 0 Å². The fourth-order valence-electron chi connectivity index (χ4n) is 14.2. The maximum atomic E-state index is 11.7. The number of thiazole rings is 1. The number of pyridine rings is 2. The van der Waals surface area contributed by atoms with E-state index in [1.165, 1.54) is 7.11 Å². The van der Waals surface area contributed by atoms with Gasteiger partial charge in [0, 0.05) is 194 Å². The number of methoxy groups -OCH3 is 9. The number of benzene rings is 7. The van der Waals surface area contributed by atoms with Crippen LogP contribution in [0.3, 0.4) is 0 Å². The minimum atomic E-state index is -0.288. The lowest BCUT2D eigenvalue weighted by Gasteiger charge is -2.14. The second-order valence-corrected chi connectivity index (χ2v) is 31.1. The highest BCUT2D eigenvalue weighted by molar-refractivity contribution is 9.10. The summed E-state index contributed by atoms with van der Waals surface area (Å²) in [4.78, 5) is 69.8. The maximum absolute atomic E-state index is 11.7. The number of ether oxygens (including phenoxy) is 9. The number of fused-ring (bicyclic) bond motifs is 5. The number of rotatable bonds is 25. The number of aryl methyl sites for hydroxylation is 2. The van der Waals surface area contributed by atoms with E-state index in [0.29, 0.717) is 81.2 Å². The number of carbonyl (C=O) groups excluding carboxylic acids is 1. The minimum absolute atomic E-state index is 0.201. The molecule has 0 amide bonds. The number of esters is 1. The SMILES string of the molecule is Brc1ccccc1Nc1ncc2ccn(-c3ccccn3)c2n1.COC(=O)Cc1cccc(-n2ccc3cnc(Nc4cc(OC)c(OC)c(OC)c4)nc32)c1.COc1cc(Nc2ncc3ccn(-c4cccc(C#N)c4)c3n2)cc(OC)c1OC.COc1ccc(C)c(Nc2ncc3ccn(-c4ccncc4)c3n2)c1.COc1ccc(C)c(Nc2ncc3ccn(-c4nccs4)c3n2)c1. The smallest absolute Gasteiger partial charge is 0.309 e. The van der Waals surface area contributed by atoms with Gasteiger partial charge >= 0.3 is 5.97 Å². The van der Waals surface area contributed by atoms with Crippen molar-refractivity contribution >= 4 is 147 Å². The second-order valence-electron chi connectivity index (χ2n) is 29.4. The molecule has 0 spiro atoms. The van der Waals surface area contributed by atoms with Gasteiger partial charge in [0.15, 0.2) is 39.4 Å². The lowest BCUT2D eigenvalue weighted by Crippen LogP contribution is -2.05. The van der Waals surface area contributed by atoms with Crippen molar-refractivity contribution in [2.24, 2.45) is 0 Å². The third kappa shape index (κ3) is 21.2. The van der Waals surface area contributed by atoms with E-state index in [9.17, 15) is 10.1 Å². The zero-order chi connectivity index (χ0) is 93.9. The molecule has 20 aromatic rings. The van der Waals surface area contributed by atoms with Gasteiger partial charge in [0.2, 0.25) is 41.2 Å². The zero-order valence-electron chi connectivity index (χ0n) is 74.7. The number of aromatic nitrogens is 18. The van der Waals surface area contributed by atoms with Crippen molar-refractivity contribution in [1.82, 2.24) is 87.6 Å². The van der Waals surface area contributed by atoms with Crippen LogP contribution in [0, 0.1) is 25.2 Å². The Balaban J connectivity index is 0.000000123. The van der Waals surface area contributed by atoms with E-state index in [2.05, 4.69) is 108 Å². The summed E-state index contributed by atoms with van der Waals surface area (Å²) in [6.07, 6.45) is 25.9. The summed E-state index contributed by atoms with van der Waals surface area (Å²) in [5.74, 6) is 7.65. The Morgan fingerprint density at radius 1 is 0.385 bits per heavy atom. The maximum Gasteiger partial charge on any atom is 0.309 e. The van der Waals surface area contributed by atoms with Gasteiger partial charge in [-0.3, -0.25) is 18.9 Å². The number of carbonyl (C=O) groups is 1. The molecule has 0 bridgehead atoms. The largest absolute Gasteiger partial charge is 0.497 e. The molecule has 5 N–H and O–H groups in total. The molecule has 0 saturated carbocycles. The standard InChI is InChI=1S/C24H24N4O5.C22H19N5O3.C19H17N5O.C17H12BrN5.C17H15N5OS/c1-30-19-12-17(13-20(31-2)22(19)33-4)26-24-25-14-16-8-9-28(23(16)27-24)18-7-5-6-15(10-18)11-21(29)32-3;1-28-18-10-16(11-19(29-2)20(18)30-3)25-22-24-13-15-7-8-27(21(15)26-22)17-6-4-5-14(9-17)12-23;1-13-3-4-16(25-2)11-17(13)22-19-21-12-14-7-10-24(18(14)23-19)15-5-8-20-9-6-15;18-13-5-1-2-6-14(13)21-17-20-11-12-8-10-23(16(12)22-17)15-7-3-4-9-19-15;1-11-3-4-13(23-2)9-14(11)20-16-19-10-12-5-7-22(15(12)21-16)17-18-6-8-24-17/h5-10,12-14H,11H2,1-4H3,(H,25,26,27);4-11,13H,1-3H3,(H,24,25,26);3-12H,1-2H3,(H,21,22,23);1-11H,(H,20,21,22);3-10H,1-2H3,(H,19,20,21). The first-order valence-electron chi connectivity index (χ1n) is 41.6. The summed E-state index contributed by atoms with van der Waals surface area (Å²) >= 11 is 5.08. The van der Waals surface area contributed by atoms with E-state index in [4.69, 9.17) is 47.6 Å². The summed E-state index contributed by atoms with van der Waals surface area (Å²) in [7, 11) is 14.0. The predicted molar refractivity (Wildman–Crippen MR) is 524 cm³/mol. The highest BCUT2D eigenvalue weighted by atomic mass is 79.9. The number of nitriles is 1. The highest BCUT2D eigenvalue weighted by Gasteiger charge is 2.21. The highest BCUT2D eigenvalue weighted by Crippen LogP contribution is 2.43. The molecule has 0 radical (unpaired) electrons. The third-order valence-corrected chi connectivity index (χ3v) is 22.4. The molecule has 13 heterocycles. The summed E-state index contributed by atoms with van der Waals surface area (Å²) in [6, 6.07) is 63.4. The number of hydrogen-bond donors (Lipinski definition) is 5. The molecule has 0 atom stereocenters. The number of para-hydroxylation sites is 1. The average molecular weight is 1880 g/mol. The average Bonchev–Trinajstić information content (AvgIpc) is 1.69. The van der Waals surface area contributed by atoms with Gasteiger partial charge in [-0.05, 0) is 156 Å². The minimum Gasteiger partial charge on any atom is -0.497 e. The zero-order valence-corrected chi connectivity index (χ0v) is 77.1. The molecule has 0 saturated heterocycles. The molecule has 36 heteroatoms. The van der Waals surface area contributed by atoms with Gasteiger partial charge in [0.1, 0.15) is 34.3 Å². The number of halogens is 1. The van der Waals surface area contributed by atoms with Crippen molar-refractivity contribution in [3.63, 3.8) is 0 Å². The summed E-state index contributed by atoms with van der Waals surface area (Å²) in [6.45, 7) is 4.05. The van der Waals surface area contributed by atoms with Crippen LogP contribution in [0.4, 0.5) is 58.2 Å². The first kappa shape index (κ1) is 90.7. The molecule has 0 fully saturated rings. The number of anilines is 10. The molecule has 34 nitrogen and oxygen atoms in total. The molecule has 0 aliphatic heterocycles. The normalized spacial score (nSPS) is 10.7.